The predicted molar refractivity (Wildman–Crippen MR) is 102 cm³/mol. The number of imidazole rings is 1. The quantitative estimate of drug-likeness (QED) is 0.392. The summed E-state index contributed by atoms with van der Waals surface area (Å²) in [6.07, 6.45) is 1.37. The molecule has 2 aromatic rings. The van der Waals surface area contributed by atoms with Gasteiger partial charge in [0.1, 0.15) is 30.1 Å². The third-order valence-electron chi connectivity index (χ3n) is 4.58. The number of hydrogen-bond donors (Lipinski definition) is 4. The van der Waals surface area contributed by atoms with Crippen molar-refractivity contribution in [3.05, 3.63) is 12.7 Å². The van der Waals surface area contributed by atoms with E-state index in [9.17, 15) is 15.0 Å². The summed E-state index contributed by atoms with van der Waals surface area (Å²) in [6.45, 7) is 0.0206. The predicted octanol–water partition coefficient (Wildman–Crippen LogP) is -0.959. The molecule has 1 saturated heterocycles. The van der Waals surface area contributed by atoms with Crippen molar-refractivity contribution < 1.29 is 24.5 Å². The van der Waals surface area contributed by atoms with E-state index < -0.39 is 36.6 Å². The van der Waals surface area contributed by atoms with Gasteiger partial charge in [0, 0.05) is 6.42 Å². The fourth-order valence-electron chi connectivity index (χ4n) is 3.00. The lowest BCUT2D eigenvalue weighted by atomic mass is 10.1. The van der Waals surface area contributed by atoms with Gasteiger partial charge in [0.2, 0.25) is 0 Å². The third-order valence-corrected chi connectivity index (χ3v) is 5.22. The Hall–Kier alpha value is -1.99. The molecule has 3 rings (SSSR count). The van der Waals surface area contributed by atoms with E-state index in [0.29, 0.717) is 17.6 Å². The molecule has 0 radical (unpaired) electrons. The van der Waals surface area contributed by atoms with E-state index in [1.807, 2.05) is 6.26 Å². The number of rotatable bonds is 8. The van der Waals surface area contributed by atoms with Crippen molar-refractivity contribution in [1.82, 2.24) is 19.5 Å². The summed E-state index contributed by atoms with van der Waals surface area (Å²) in [5, 5.41) is 20.7. The molecule has 12 heteroatoms. The number of nitrogen functional groups attached to an aromatic ring is 1. The number of fused-ring (bicyclic) bond motifs is 1. The summed E-state index contributed by atoms with van der Waals surface area (Å²) >= 11 is 1.60. The van der Waals surface area contributed by atoms with Gasteiger partial charge < -0.3 is 31.2 Å². The lowest BCUT2D eigenvalue weighted by molar-refractivity contribution is -0.146. The second-order valence-electron chi connectivity index (χ2n) is 6.47. The molecule has 0 spiro atoms. The molecular formula is C16H24N6O5S. The molecule has 1 aliphatic rings. The zero-order valence-electron chi connectivity index (χ0n) is 15.3. The van der Waals surface area contributed by atoms with E-state index in [0.717, 1.165) is 5.75 Å². The Kier molecular flexibility index (Phi) is 6.67. The maximum atomic E-state index is 11.9. The first-order valence-corrected chi connectivity index (χ1v) is 10.2. The minimum absolute atomic E-state index is 0.0206. The number of esters is 1. The number of carbonyl (C=O) groups is 1. The number of carbonyl (C=O) groups excluding carboxylic acids is 1. The minimum atomic E-state index is -1.21. The molecule has 154 valence electrons. The molecule has 11 nitrogen and oxygen atoms in total. The number of aliphatic hydroxyl groups excluding tert-OH is 2. The highest BCUT2D eigenvalue weighted by Crippen LogP contribution is 2.33. The molecule has 1 fully saturated rings. The Balaban J connectivity index is 1.60. The van der Waals surface area contributed by atoms with Gasteiger partial charge in [0.25, 0.3) is 0 Å². The van der Waals surface area contributed by atoms with E-state index in [1.165, 1.54) is 17.2 Å². The molecule has 3 heterocycles. The lowest BCUT2D eigenvalue weighted by Gasteiger charge is -2.16. The van der Waals surface area contributed by atoms with Crippen LogP contribution in [0, 0.1) is 0 Å². The van der Waals surface area contributed by atoms with Crippen LogP contribution in [0.2, 0.25) is 0 Å². The van der Waals surface area contributed by atoms with Gasteiger partial charge in [0.15, 0.2) is 17.7 Å². The highest BCUT2D eigenvalue weighted by molar-refractivity contribution is 7.98. The van der Waals surface area contributed by atoms with Crippen LogP contribution in [0.4, 0.5) is 5.82 Å². The largest absolute Gasteiger partial charge is 0.464 e. The van der Waals surface area contributed by atoms with Gasteiger partial charge in [-0.2, -0.15) is 11.8 Å². The fourth-order valence-corrected chi connectivity index (χ4v) is 3.49. The van der Waals surface area contributed by atoms with Crippen molar-refractivity contribution in [3.63, 3.8) is 0 Å². The van der Waals surface area contributed by atoms with Crippen molar-refractivity contribution in [1.29, 1.82) is 0 Å². The van der Waals surface area contributed by atoms with Crippen LogP contribution in [0.15, 0.2) is 12.7 Å². The third kappa shape index (κ3) is 4.20. The van der Waals surface area contributed by atoms with Gasteiger partial charge in [0.05, 0.1) is 19.0 Å². The molecule has 6 N–H and O–H groups in total. The lowest BCUT2D eigenvalue weighted by Crippen LogP contribution is -2.35. The summed E-state index contributed by atoms with van der Waals surface area (Å²) in [6, 6.07) is -0.678. The average molecular weight is 414 g/mol. The second-order valence-corrected chi connectivity index (χ2v) is 7.46. The van der Waals surface area contributed by atoms with E-state index in [4.69, 9.17) is 20.9 Å². The van der Waals surface area contributed by atoms with Gasteiger partial charge in [-0.1, -0.05) is 0 Å². The summed E-state index contributed by atoms with van der Waals surface area (Å²) in [4.78, 5) is 24.0. The summed E-state index contributed by atoms with van der Waals surface area (Å²) in [5.74, 6) is 0.478. The Morgan fingerprint density at radius 3 is 2.96 bits per heavy atom. The van der Waals surface area contributed by atoms with Crippen molar-refractivity contribution in [3.8, 4) is 0 Å². The summed E-state index contributed by atoms with van der Waals surface area (Å²) in [7, 11) is 0. The number of ether oxygens (including phenoxy) is 2. The molecule has 0 aliphatic carbocycles. The number of thioether (sulfide) groups is 1. The molecule has 28 heavy (non-hydrogen) atoms. The van der Waals surface area contributed by atoms with E-state index in [1.54, 1.807) is 11.8 Å². The topological polar surface area (TPSA) is 172 Å². The van der Waals surface area contributed by atoms with Gasteiger partial charge in [-0.25, -0.2) is 15.0 Å². The van der Waals surface area contributed by atoms with E-state index >= 15 is 0 Å². The molecule has 2 aromatic heterocycles. The van der Waals surface area contributed by atoms with Gasteiger partial charge in [-0.3, -0.25) is 9.36 Å². The minimum Gasteiger partial charge on any atom is -0.464 e. The van der Waals surface area contributed by atoms with Crippen molar-refractivity contribution in [2.45, 2.75) is 43.4 Å². The van der Waals surface area contributed by atoms with Gasteiger partial charge in [-0.15, -0.1) is 0 Å². The number of aromatic nitrogens is 4. The van der Waals surface area contributed by atoms with E-state index in [2.05, 4.69) is 15.0 Å². The number of nitrogens with zero attached hydrogens (tertiary/aromatic N) is 4. The van der Waals surface area contributed by atoms with Crippen LogP contribution < -0.4 is 11.5 Å². The monoisotopic (exact) mass is 414 g/mol. The highest BCUT2D eigenvalue weighted by atomic mass is 32.2. The normalized spacial score (nSPS) is 25.9. The summed E-state index contributed by atoms with van der Waals surface area (Å²) < 4.78 is 12.4. The number of nitrogens with two attached hydrogens (primary N) is 2. The standard InChI is InChI=1S/C16H24N6O5S/c1-28-5-3-8(17)16(25)26-4-2-9-11(23)12(24)15(27-9)22-7-21-10-13(18)19-6-20-14(10)22/h6-9,11-12,15,23-24H,2-5,17H2,1H3,(H2,18,19,20)/t8-,9+,11+,12+,15+/m0/s1/i4+2. The fraction of sp³-hybridized carbons (Fsp3) is 0.625. The first-order chi connectivity index (χ1) is 13.4. The van der Waals surface area contributed by atoms with Crippen molar-refractivity contribution >= 4 is 34.7 Å². The Labute approximate surface area is 165 Å². The average Bonchev–Trinajstić information content (AvgIpc) is 3.23. The second kappa shape index (κ2) is 9.01. The maximum Gasteiger partial charge on any atom is 0.322 e. The van der Waals surface area contributed by atoms with Crippen LogP contribution in [0.25, 0.3) is 11.2 Å². The molecule has 0 amide bonds. The molecule has 5 atom stereocenters. The molecular weight excluding hydrogens is 390 g/mol. The van der Waals surface area contributed by atoms with Crippen molar-refractivity contribution in [2.24, 2.45) is 5.73 Å². The zero-order valence-corrected chi connectivity index (χ0v) is 16.2. The smallest absolute Gasteiger partial charge is 0.322 e. The molecule has 0 unspecified atom stereocenters. The SMILES string of the molecule is CSCC[C@H](N)C(=O)O[14CH2]C[C@H]1O[C@@H](n2cnc3c(N)ncnc32)[C@H](O)[C@@H]1O. The van der Waals surface area contributed by atoms with Crippen LogP contribution in [0.1, 0.15) is 19.1 Å². The Bertz CT molecular complexity index is 820. The Morgan fingerprint density at radius 1 is 1.43 bits per heavy atom. The summed E-state index contributed by atoms with van der Waals surface area (Å²) in [5.41, 5.74) is 12.3. The number of anilines is 1. The van der Waals surface area contributed by atoms with Crippen LogP contribution in [-0.4, -0.2) is 78.7 Å². The molecule has 0 aromatic carbocycles. The molecule has 1 aliphatic heterocycles. The van der Waals surface area contributed by atoms with Crippen LogP contribution >= 0.6 is 11.8 Å². The van der Waals surface area contributed by atoms with Crippen LogP contribution in [0.3, 0.4) is 0 Å². The number of hydrogen-bond acceptors (Lipinski definition) is 11. The molecule has 0 bridgehead atoms. The first kappa shape index (κ1) is 20.7. The Morgan fingerprint density at radius 2 is 2.21 bits per heavy atom. The van der Waals surface area contributed by atoms with Crippen molar-refractivity contribution in [2.75, 3.05) is 24.3 Å². The number of aliphatic hydroxyl groups is 2. The van der Waals surface area contributed by atoms with Gasteiger partial charge in [-0.05, 0) is 18.4 Å². The zero-order chi connectivity index (χ0) is 20.3. The van der Waals surface area contributed by atoms with E-state index in [-0.39, 0.29) is 18.8 Å². The van der Waals surface area contributed by atoms with Crippen LogP contribution in [0.5, 0.6) is 0 Å². The maximum absolute atomic E-state index is 11.9. The van der Waals surface area contributed by atoms with Crippen LogP contribution in [-0.2, 0) is 14.3 Å². The first-order valence-electron chi connectivity index (χ1n) is 8.79. The highest BCUT2D eigenvalue weighted by Gasteiger charge is 2.44. The van der Waals surface area contributed by atoms with Gasteiger partial charge >= 0.3 is 5.97 Å². The molecule has 0 saturated carbocycles.